The number of H-pyrrole nitrogens is 1. The maximum atomic E-state index is 11.9. The van der Waals surface area contributed by atoms with E-state index in [9.17, 15) is 4.79 Å². The molecule has 0 saturated heterocycles. The van der Waals surface area contributed by atoms with E-state index in [1.54, 1.807) is 26.1 Å². The lowest BCUT2D eigenvalue weighted by Gasteiger charge is -2.13. The van der Waals surface area contributed by atoms with Gasteiger partial charge < -0.3 is 9.72 Å². The fourth-order valence-corrected chi connectivity index (χ4v) is 2.11. The number of carbonyl (C=O) groups excluding carboxylic acids is 1. The fraction of sp³-hybridized carbons (Fsp3) is 0.167. The second-order valence-corrected chi connectivity index (χ2v) is 5.57. The molecule has 0 aliphatic carbocycles. The van der Waals surface area contributed by atoms with Crippen LogP contribution in [0.5, 0.6) is 0 Å². The van der Waals surface area contributed by atoms with Gasteiger partial charge in [-0.25, -0.2) is 14.8 Å². The number of anilines is 1. The van der Waals surface area contributed by atoms with Crippen molar-refractivity contribution in [3.05, 3.63) is 54.7 Å². The number of nitrogens with zero attached hydrogens (tertiary/aromatic N) is 2. The van der Waals surface area contributed by atoms with Crippen molar-refractivity contribution in [2.75, 3.05) is 5.32 Å². The minimum absolute atomic E-state index is 0.349. The molecule has 1 unspecified atom stereocenters. The number of hydrogen-bond acceptors (Lipinski definition) is 4. The van der Waals surface area contributed by atoms with Gasteiger partial charge in [-0.2, -0.15) is 0 Å². The molecule has 6 heteroatoms. The van der Waals surface area contributed by atoms with E-state index >= 15 is 0 Å². The number of ether oxygens (including phenoxy) is 1. The molecular weight excluding hydrogens is 304 g/mol. The zero-order chi connectivity index (χ0) is 17.1. The molecule has 2 heterocycles. The summed E-state index contributed by atoms with van der Waals surface area (Å²) in [7, 11) is 0. The largest absolute Gasteiger partial charge is 0.442 e. The summed E-state index contributed by atoms with van der Waals surface area (Å²) in [5.41, 5.74) is 3.60. The smallest absolute Gasteiger partial charge is 0.412 e. The first-order chi connectivity index (χ1) is 11.5. The lowest BCUT2D eigenvalue weighted by atomic mass is 10.2. The van der Waals surface area contributed by atoms with Crippen molar-refractivity contribution >= 4 is 22.9 Å². The Morgan fingerprint density at radius 3 is 2.79 bits per heavy atom. The van der Waals surface area contributed by atoms with Crippen molar-refractivity contribution in [3.8, 4) is 11.4 Å². The van der Waals surface area contributed by atoms with E-state index in [-0.39, 0.29) is 6.10 Å². The summed E-state index contributed by atoms with van der Waals surface area (Å²) in [5, 5.41) is 2.66. The lowest BCUT2D eigenvalue weighted by molar-refractivity contribution is 0.137. The number of amides is 1. The van der Waals surface area contributed by atoms with Crippen LogP contribution in [-0.4, -0.2) is 27.1 Å². The molecule has 0 aliphatic heterocycles. The predicted octanol–water partition coefficient (Wildman–Crippen LogP) is 4.14. The molecule has 0 spiro atoms. The molecule has 0 bridgehead atoms. The van der Waals surface area contributed by atoms with Gasteiger partial charge in [0, 0.05) is 5.56 Å². The summed E-state index contributed by atoms with van der Waals surface area (Å²) in [6.45, 7) is 7.33. The van der Waals surface area contributed by atoms with E-state index in [0.717, 1.165) is 22.5 Å². The van der Waals surface area contributed by atoms with Crippen molar-refractivity contribution in [2.45, 2.75) is 20.0 Å². The monoisotopic (exact) mass is 322 g/mol. The van der Waals surface area contributed by atoms with Gasteiger partial charge in [-0.3, -0.25) is 5.32 Å². The third kappa shape index (κ3) is 3.43. The number of aromatic amines is 1. The Bertz CT molecular complexity index is 886. The topological polar surface area (TPSA) is 79.9 Å². The number of rotatable bonds is 4. The van der Waals surface area contributed by atoms with Crippen LogP contribution in [0.15, 0.2) is 54.7 Å². The quantitative estimate of drug-likeness (QED) is 0.708. The van der Waals surface area contributed by atoms with E-state index in [1.165, 1.54) is 0 Å². The number of hydrogen-bond donors (Lipinski definition) is 2. The van der Waals surface area contributed by atoms with Crippen molar-refractivity contribution in [3.63, 3.8) is 0 Å². The van der Waals surface area contributed by atoms with E-state index in [0.29, 0.717) is 11.3 Å². The molecule has 2 aromatic heterocycles. The summed E-state index contributed by atoms with van der Waals surface area (Å²) >= 11 is 0. The summed E-state index contributed by atoms with van der Waals surface area (Å²) in [5.74, 6) is 0.730. The first-order valence-corrected chi connectivity index (χ1v) is 7.57. The van der Waals surface area contributed by atoms with Crippen LogP contribution in [-0.2, 0) is 4.74 Å². The number of nitrogens with one attached hydrogen (secondary N) is 2. The standard InChI is InChI=1S/C18H18N4O2/c1-11(2)12(3)24-18(23)20-14-9-15-17(19-10-14)22-16(21-15)13-7-5-4-6-8-13/h4-10,12H,1H2,2-3H3,(H,20,23)(H,19,21,22). The molecule has 1 amide bonds. The van der Waals surface area contributed by atoms with E-state index in [1.807, 2.05) is 30.3 Å². The van der Waals surface area contributed by atoms with Crippen LogP contribution in [0.2, 0.25) is 0 Å². The fourth-order valence-electron chi connectivity index (χ4n) is 2.11. The van der Waals surface area contributed by atoms with Gasteiger partial charge in [-0.15, -0.1) is 0 Å². The second kappa shape index (κ2) is 6.54. The zero-order valence-corrected chi connectivity index (χ0v) is 13.5. The summed E-state index contributed by atoms with van der Waals surface area (Å²) < 4.78 is 5.20. The summed E-state index contributed by atoms with van der Waals surface area (Å²) in [4.78, 5) is 23.8. The Morgan fingerprint density at radius 1 is 1.33 bits per heavy atom. The molecule has 3 aromatic rings. The van der Waals surface area contributed by atoms with E-state index in [4.69, 9.17) is 4.74 Å². The highest BCUT2D eigenvalue weighted by atomic mass is 16.6. The maximum absolute atomic E-state index is 11.9. The molecular formula is C18H18N4O2. The van der Waals surface area contributed by atoms with E-state index < -0.39 is 6.09 Å². The zero-order valence-electron chi connectivity index (χ0n) is 13.5. The van der Waals surface area contributed by atoms with Crippen LogP contribution < -0.4 is 5.32 Å². The number of carbonyl (C=O) groups is 1. The number of benzene rings is 1. The second-order valence-electron chi connectivity index (χ2n) is 5.57. The van der Waals surface area contributed by atoms with Crippen LogP contribution in [0.1, 0.15) is 13.8 Å². The van der Waals surface area contributed by atoms with Crippen LogP contribution in [0, 0.1) is 0 Å². The van der Waals surface area contributed by atoms with Crippen molar-refractivity contribution in [1.82, 2.24) is 15.0 Å². The number of imidazole rings is 1. The third-order valence-corrected chi connectivity index (χ3v) is 3.61. The minimum atomic E-state index is -0.547. The van der Waals surface area contributed by atoms with E-state index in [2.05, 4.69) is 26.8 Å². The first-order valence-electron chi connectivity index (χ1n) is 7.57. The Balaban J connectivity index is 1.79. The molecule has 2 N–H and O–H groups in total. The normalized spacial score (nSPS) is 11.9. The highest BCUT2D eigenvalue weighted by Gasteiger charge is 2.12. The average Bonchev–Trinajstić information content (AvgIpc) is 2.98. The molecule has 1 aromatic carbocycles. The van der Waals surface area contributed by atoms with Crippen LogP contribution in [0.4, 0.5) is 10.5 Å². The van der Waals surface area contributed by atoms with Gasteiger partial charge in [0.05, 0.1) is 17.4 Å². The summed E-state index contributed by atoms with van der Waals surface area (Å²) in [6.07, 6.45) is 0.651. The van der Waals surface area contributed by atoms with Gasteiger partial charge in [0.15, 0.2) is 5.65 Å². The van der Waals surface area contributed by atoms with Crippen molar-refractivity contribution < 1.29 is 9.53 Å². The Kier molecular flexibility index (Phi) is 4.29. The molecule has 122 valence electrons. The number of fused-ring (bicyclic) bond motifs is 1. The first kappa shape index (κ1) is 15.7. The predicted molar refractivity (Wildman–Crippen MR) is 93.7 cm³/mol. The number of aromatic nitrogens is 3. The minimum Gasteiger partial charge on any atom is -0.442 e. The third-order valence-electron chi connectivity index (χ3n) is 3.61. The summed E-state index contributed by atoms with van der Waals surface area (Å²) in [6, 6.07) is 11.5. The highest BCUT2D eigenvalue weighted by Crippen LogP contribution is 2.21. The van der Waals surface area contributed by atoms with Gasteiger partial charge in [0.1, 0.15) is 11.9 Å². The average molecular weight is 322 g/mol. The molecule has 6 nitrogen and oxygen atoms in total. The SMILES string of the molecule is C=C(C)C(C)OC(=O)Nc1cnc2nc(-c3ccccc3)[nH]c2c1. The van der Waals surface area contributed by atoms with Crippen LogP contribution in [0.3, 0.4) is 0 Å². The molecule has 1 atom stereocenters. The Labute approximate surface area is 139 Å². The van der Waals surface area contributed by atoms with Gasteiger partial charge in [0.2, 0.25) is 0 Å². The van der Waals surface area contributed by atoms with Gasteiger partial charge >= 0.3 is 6.09 Å². The molecule has 0 radical (unpaired) electrons. The molecule has 0 saturated carbocycles. The lowest BCUT2D eigenvalue weighted by Crippen LogP contribution is -2.20. The molecule has 24 heavy (non-hydrogen) atoms. The van der Waals surface area contributed by atoms with Gasteiger partial charge in [-0.1, -0.05) is 36.9 Å². The Morgan fingerprint density at radius 2 is 2.08 bits per heavy atom. The molecule has 0 fully saturated rings. The maximum Gasteiger partial charge on any atom is 0.412 e. The van der Waals surface area contributed by atoms with Gasteiger partial charge in [0.25, 0.3) is 0 Å². The van der Waals surface area contributed by atoms with Crippen LogP contribution >= 0.6 is 0 Å². The molecule has 0 aliphatic rings. The van der Waals surface area contributed by atoms with Gasteiger partial charge in [-0.05, 0) is 25.5 Å². The van der Waals surface area contributed by atoms with Crippen molar-refractivity contribution in [1.29, 1.82) is 0 Å². The van der Waals surface area contributed by atoms with Crippen LogP contribution in [0.25, 0.3) is 22.6 Å². The molecule has 3 rings (SSSR count). The highest BCUT2D eigenvalue weighted by molar-refractivity contribution is 5.88. The van der Waals surface area contributed by atoms with Crippen molar-refractivity contribution in [2.24, 2.45) is 0 Å². The Hall–Kier alpha value is -3.15. The number of pyridine rings is 1.